The van der Waals surface area contributed by atoms with Crippen LogP contribution in [-0.2, 0) is 4.79 Å². The zero-order valence-electron chi connectivity index (χ0n) is 18.4. The van der Waals surface area contributed by atoms with Gasteiger partial charge in [-0.15, -0.1) is 10.2 Å². The van der Waals surface area contributed by atoms with Gasteiger partial charge in [0.05, 0.1) is 21.9 Å². The van der Waals surface area contributed by atoms with Crippen LogP contribution in [-0.4, -0.2) is 36.5 Å². The number of nitro benzene ring substituents is 1. The predicted octanol–water partition coefficient (Wildman–Crippen LogP) is 4.90. The molecule has 9 nitrogen and oxygen atoms in total. The summed E-state index contributed by atoms with van der Waals surface area (Å²) in [6.45, 7) is 3.98. The molecule has 3 aromatic carbocycles. The number of aryl methyl sites for hydroxylation is 2. The van der Waals surface area contributed by atoms with Crippen LogP contribution < -0.4 is 5.32 Å². The third kappa shape index (κ3) is 4.91. The van der Waals surface area contributed by atoms with Gasteiger partial charge in [-0.3, -0.25) is 19.5 Å². The summed E-state index contributed by atoms with van der Waals surface area (Å²) in [5.74, 6) is 0.288. The number of aromatic nitrogens is 3. The maximum atomic E-state index is 12.5. The van der Waals surface area contributed by atoms with Crippen molar-refractivity contribution in [2.24, 2.45) is 0 Å². The molecule has 0 atom stereocenters. The molecule has 0 aliphatic rings. The molecule has 0 fully saturated rings. The quantitative estimate of drug-likeness (QED) is 0.221. The van der Waals surface area contributed by atoms with Gasteiger partial charge in [0.25, 0.3) is 5.69 Å². The van der Waals surface area contributed by atoms with E-state index in [1.807, 2.05) is 36.6 Å². The van der Waals surface area contributed by atoms with Gasteiger partial charge in [-0.05, 0) is 49.7 Å². The minimum Gasteiger partial charge on any atom is -0.507 e. The SMILES string of the molecule is Cc1ccc(-n2c(SCC(=O)Nc3ccc([N+](=O)[O-])cc3)nnc2-c2ccccc2O)c(C)c1. The van der Waals surface area contributed by atoms with E-state index in [9.17, 15) is 20.0 Å². The first-order valence-electron chi connectivity index (χ1n) is 10.3. The van der Waals surface area contributed by atoms with Gasteiger partial charge < -0.3 is 10.4 Å². The molecular weight excluding hydrogens is 454 g/mol. The summed E-state index contributed by atoms with van der Waals surface area (Å²) >= 11 is 1.20. The Hall–Kier alpha value is -4.18. The van der Waals surface area contributed by atoms with Crippen LogP contribution in [0.4, 0.5) is 11.4 Å². The number of para-hydroxylation sites is 1. The average molecular weight is 476 g/mol. The number of carbonyl (C=O) groups excluding carboxylic acids is 1. The molecule has 10 heteroatoms. The predicted molar refractivity (Wildman–Crippen MR) is 130 cm³/mol. The highest BCUT2D eigenvalue weighted by molar-refractivity contribution is 7.99. The van der Waals surface area contributed by atoms with Gasteiger partial charge in [-0.1, -0.05) is 41.6 Å². The minimum atomic E-state index is -0.497. The van der Waals surface area contributed by atoms with Crippen molar-refractivity contribution in [3.63, 3.8) is 0 Å². The van der Waals surface area contributed by atoms with Crippen molar-refractivity contribution in [2.75, 3.05) is 11.1 Å². The monoisotopic (exact) mass is 475 g/mol. The Kier molecular flexibility index (Phi) is 6.60. The van der Waals surface area contributed by atoms with E-state index in [0.29, 0.717) is 22.2 Å². The Morgan fingerprint density at radius 2 is 1.82 bits per heavy atom. The highest BCUT2D eigenvalue weighted by Crippen LogP contribution is 2.33. The van der Waals surface area contributed by atoms with Crippen molar-refractivity contribution in [3.05, 3.63) is 88.0 Å². The normalized spacial score (nSPS) is 10.8. The van der Waals surface area contributed by atoms with E-state index in [1.165, 1.54) is 36.0 Å². The molecule has 0 saturated carbocycles. The Labute approximate surface area is 199 Å². The first-order valence-corrected chi connectivity index (χ1v) is 11.3. The van der Waals surface area contributed by atoms with Gasteiger partial charge >= 0.3 is 0 Å². The van der Waals surface area contributed by atoms with Crippen LogP contribution in [0.25, 0.3) is 17.1 Å². The first-order chi connectivity index (χ1) is 16.3. The van der Waals surface area contributed by atoms with Crippen LogP contribution in [0.5, 0.6) is 5.75 Å². The molecule has 1 heterocycles. The van der Waals surface area contributed by atoms with Crippen LogP contribution in [0.1, 0.15) is 11.1 Å². The van der Waals surface area contributed by atoms with Crippen molar-refractivity contribution in [2.45, 2.75) is 19.0 Å². The number of nitrogens with zero attached hydrogens (tertiary/aromatic N) is 4. The fourth-order valence-electron chi connectivity index (χ4n) is 3.47. The molecular formula is C24H21N5O4S. The van der Waals surface area contributed by atoms with Crippen LogP contribution in [0.15, 0.2) is 71.9 Å². The van der Waals surface area contributed by atoms with Crippen molar-refractivity contribution in [3.8, 4) is 22.8 Å². The molecule has 0 unspecified atom stereocenters. The van der Waals surface area contributed by atoms with Crippen LogP contribution in [0, 0.1) is 24.0 Å². The first kappa shape index (κ1) is 23.0. The fourth-order valence-corrected chi connectivity index (χ4v) is 4.21. The number of hydrogen-bond acceptors (Lipinski definition) is 7. The lowest BCUT2D eigenvalue weighted by atomic mass is 10.1. The van der Waals surface area contributed by atoms with Gasteiger partial charge in [-0.2, -0.15) is 0 Å². The van der Waals surface area contributed by atoms with Gasteiger partial charge in [0, 0.05) is 17.8 Å². The van der Waals surface area contributed by atoms with Gasteiger partial charge in [0.2, 0.25) is 5.91 Å². The van der Waals surface area contributed by atoms with Crippen molar-refractivity contribution in [1.82, 2.24) is 14.8 Å². The Bertz CT molecular complexity index is 1370. The van der Waals surface area contributed by atoms with Gasteiger partial charge in [0.15, 0.2) is 11.0 Å². The van der Waals surface area contributed by atoms with Crippen LogP contribution in [0.3, 0.4) is 0 Å². The van der Waals surface area contributed by atoms with E-state index >= 15 is 0 Å². The third-order valence-electron chi connectivity index (χ3n) is 5.07. The van der Waals surface area contributed by atoms with Crippen LogP contribution >= 0.6 is 11.8 Å². The molecule has 0 aliphatic carbocycles. The standard InChI is InChI=1S/C24H21N5O4S/c1-15-7-12-20(16(2)13-15)28-23(19-5-3-4-6-21(19)30)26-27-24(28)34-14-22(31)25-17-8-10-18(11-9-17)29(32)33/h3-13,30H,14H2,1-2H3,(H,25,31). The third-order valence-corrected chi connectivity index (χ3v) is 5.99. The molecule has 0 saturated heterocycles. The summed E-state index contributed by atoms with van der Waals surface area (Å²) in [5, 5.41) is 33.0. The second-order valence-electron chi connectivity index (χ2n) is 7.59. The number of hydrogen-bond donors (Lipinski definition) is 2. The number of amides is 1. The number of aromatic hydroxyl groups is 1. The summed E-state index contributed by atoms with van der Waals surface area (Å²) in [6, 6.07) is 18.5. The summed E-state index contributed by atoms with van der Waals surface area (Å²) in [5.41, 5.74) is 3.88. The van der Waals surface area contributed by atoms with E-state index < -0.39 is 4.92 Å². The molecule has 4 rings (SSSR count). The molecule has 1 aromatic heterocycles. The Morgan fingerprint density at radius 3 is 2.50 bits per heavy atom. The lowest BCUT2D eigenvalue weighted by Gasteiger charge is -2.14. The summed E-state index contributed by atoms with van der Waals surface area (Å²) < 4.78 is 1.83. The molecule has 0 bridgehead atoms. The number of non-ortho nitro benzene ring substituents is 1. The average Bonchev–Trinajstić information content (AvgIpc) is 3.22. The minimum absolute atomic E-state index is 0.0425. The molecule has 34 heavy (non-hydrogen) atoms. The van der Waals surface area contributed by atoms with E-state index in [0.717, 1.165) is 16.8 Å². The van der Waals surface area contributed by atoms with E-state index in [4.69, 9.17) is 0 Å². The number of benzene rings is 3. The van der Waals surface area contributed by atoms with Gasteiger partial charge in [-0.25, -0.2) is 0 Å². The van der Waals surface area contributed by atoms with Crippen molar-refractivity contribution in [1.29, 1.82) is 0 Å². The topological polar surface area (TPSA) is 123 Å². The molecule has 0 spiro atoms. The van der Waals surface area contributed by atoms with E-state index in [2.05, 4.69) is 15.5 Å². The number of phenols is 1. The molecule has 172 valence electrons. The highest BCUT2D eigenvalue weighted by atomic mass is 32.2. The smallest absolute Gasteiger partial charge is 0.269 e. The van der Waals surface area contributed by atoms with E-state index in [-0.39, 0.29) is 23.1 Å². The summed E-state index contributed by atoms with van der Waals surface area (Å²) in [4.78, 5) is 22.8. The Balaban J connectivity index is 1.61. The lowest BCUT2D eigenvalue weighted by molar-refractivity contribution is -0.384. The largest absolute Gasteiger partial charge is 0.507 e. The Morgan fingerprint density at radius 1 is 1.09 bits per heavy atom. The molecule has 0 radical (unpaired) electrons. The number of phenolic OH excluding ortho intramolecular Hbond substituents is 1. The van der Waals surface area contributed by atoms with Gasteiger partial charge in [0.1, 0.15) is 5.75 Å². The zero-order valence-corrected chi connectivity index (χ0v) is 19.2. The maximum absolute atomic E-state index is 12.5. The molecule has 1 amide bonds. The lowest BCUT2D eigenvalue weighted by Crippen LogP contribution is -2.14. The second kappa shape index (κ2) is 9.75. The number of carbonyl (C=O) groups is 1. The molecule has 2 N–H and O–H groups in total. The number of thioether (sulfide) groups is 1. The fraction of sp³-hybridized carbons (Fsp3) is 0.125. The highest BCUT2D eigenvalue weighted by Gasteiger charge is 2.20. The maximum Gasteiger partial charge on any atom is 0.269 e. The summed E-state index contributed by atoms with van der Waals surface area (Å²) in [6.07, 6.45) is 0. The molecule has 0 aliphatic heterocycles. The number of anilines is 1. The summed E-state index contributed by atoms with van der Waals surface area (Å²) in [7, 11) is 0. The number of rotatable bonds is 7. The van der Waals surface area contributed by atoms with Crippen LogP contribution in [0.2, 0.25) is 0 Å². The van der Waals surface area contributed by atoms with E-state index in [1.54, 1.807) is 24.3 Å². The zero-order chi connectivity index (χ0) is 24.2. The second-order valence-corrected chi connectivity index (χ2v) is 8.53. The number of nitrogens with one attached hydrogen (secondary N) is 1. The number of nitro groups is 1. The van der Waals surface area contributed by atoms with Crippen molar-refractivity contribution < 1.29 is 14.8 Å². The molecule has 4 aromatic rings. The van der Waals surface area contributed by atoms with Crippen molar-refractivity contribution >= 4 is 29.0 Å².